The molecule has 98 valence electrons. The number of piperidine rings is 1. The van der Waals surface area contributed by atoms with Crippen LogP contribution in [0.15, 0.2) is 0 Å². The first-order chi connectivity index (χ1) is 8.15. The zero-order chi connectivity index (χ0) is 12.7. The Morgan fingerprint density at radius 2 is 2.18 bits per heavy atom. The van der Waals surface area contributed by atoms with Crippen LogP contribution >= 0.6 is 0 Å². The smallest absolute Gasteiger partial charge is 0.116 e. The van der Waals surface area contributed by atoms with Crippen LogP contribution in [0.2, 0.25) is 0 Å². The molecule has 0 bridgehead atoms. The Hall–Kier alpha value is -0.590. The van der Waals surface area contributed by atoms with E-state index in [9.17, 15) is 5.26 Å². The number of nitriles is 1. The topological polar surface area (TPSA) is 39.1 Å². The summed E-state index contributed by atoms with van der Waals surface area (Å²) in [5.74, 6) is 0. The molecule has 0 amide bonds. The van der Waals surface area contributed by atoms with Crippen molar-refractivity contribution >= 4 is 0 Å². The second kappa shape index (κ2) is 6.98. The summed E-state index contributed by atoms with van der Waals surface area (Å²) < 4.78 is 0. The van der Waals surface area contributed by atoms with Gasteiger partial charge in [-0.15, -0.1) is 0 Å². The summed E-state index contributed by atoms with van der Waals surface area (Å²) in [5, 5.41) is 12.6. The van der Waals surface area contributed by atoms with E-state index in [-0.39, 0.29) is 0 Å². The molecule has 1 aliphatic rings. The van der Waals surface area contributed by atoms with Crippen molar-refractivity contribution in [1.29, 1.82) is 5.26 Å². The Kier molecular flexibility index (Phi) is 5.94. The van der Waals surface area contributed by atoms with Crippen LogP contribution in [0.25, 0.3) is 0 Å². The van der Waals surface area contributed by atoms with Crippen molar-refractivity contribution < 1.29 is 0 Å². The SMILES string of the molecule is CCCC1CCCCN1CC(C)(C#N)NCC. The van der Waals surface area contributed by atoms with E-state index >= 15 is 0 Å². The second-order valence-electron chi connectivity index (χ2n) is 5.38. The minimum absolute atomic E-state index is 0.391. The van der Waals surface area contributed by atoms with Crippen molar-refractivity contribution in [1.82, 2.24) is 10.2 Å². The first kappa shape index (κ1) is 14.5. The molecule has 0 aromatic heterocycles. The van der Waals surface area contributed by atoms with Gasteiger partial charge < -0.3 is 0 Å². The van der Waals surface area contributed by atoms with Crippen molar-refractivity contribution in [3.05, 3.63) is 0 Å². The number of nitrogens with zero attached hydrogens (tertiary/aromatic N) is 2. The van der Waals surface area contributed by atoms with Crippen LogP contribution in [-0.4, -0.2) is 36.1 Å². The van der Waals surface area contributed by atoms with Crippen LogP contribution in [-0.2, 0) is 0 Å². The number of hydrogen-bond acceptors (Lipinski definition) is 3. The predicted molar refractivity (Wildman–Crippen MR) is 71.8 cm³/mol. The van der Waals surface area contributed by atoms with Gasteiger partial charge in [0.15, 0.2) is 0 Å². The minimum Gasteiger partial charge on any atom is -0.299 e. The molecule has 1 heterocycles. The molecule has 2 unspecified atom stereocenters. The van der Waals surface area contributed by atoms with Crippen molar-refractivity contribution in [2.75, 3.05) is 19.6 Å². The highest BCUT2D eigenvalue weighted by Gasteiger charge is 2.30. The van der Waals surface area contributed by atoms with Crippen molar-refractivity contribution in [2.24, 2.45) is 0 Å². The quantitative estimate of drug-likeness (QED) is 0.771. The predicted octanol–water partition coefficient (Wildman–Crippen LogP) is 2.53. The van der Waals surface area contributed by atoms with Gasteiger partial charge in [0.1, 0.15) is 5.54 Å². The zero-order valence-electron chi connectivity index (χ0n) is 11.6. The molecular formula is C14H27N3. The molecular weight excluding hydrogens is 210 g/mol. The summed E-state index contributed by atoms with van der Waals surface area (Å²) in [6.07, 6.45) is 6.46. The molecule has 1 aliphatic heterocycles. The van der Waals surface area contributed by atoms with E-state index in [0.29, 0.717) is 6.04 Å². The van der Waals surface area contributed by atoms with Gasteiger partial charge in [0, 0.05) is 12.6 Å². The van der Waals surface area contributed by atoms with E-state index in [2.05, 4.69) is 30.1 Å². The standard InChI is InChI=1S/C14H27N3/c1-4-8-13-9-6-7-10-17(13)12-14(3,11-15)16-5-2/h13,16H,4-10,12H2,1-3H3. The Balaban J connectivity index is 2.59. The number of nitrogens with one attached hydrogen (secondary N) is 1. The molecule has 0 aliphatic carbocycles. The molecule has 0 spiro atoms. The molecule has 1 fully saturated rings. The van der Waals surface area contributed by atoms with Crippen molar-refractivity contribution in [2.45, 2.75) is 64.5 Å². The molecule has 0 saturated carbocycles. The summed E-state index contributed by atoms with van der Waals surface area (Å²) in [6, 6.07) is 3.13. The highest BCUT2D eigenvalue weighted by Crippen LogP contribution is 2.22. The normalized spacial score (nSPS) is 25.2. The number of rotatable bonds is 6. The van der Waals surface area contributed by atoms with Gasteiger partial charge in [0.05, 0.1) is 6.07 Å². The van der Waals surface area contributed by atoms with Gasteiger partial charge in [-0.3, -0.25) is 10.2 Å². The molecule has 0 aromatic rings. The number of hydrogen-bond donors (Lipinski definition) is 1. The summed E-state index contributed by atoms with van der Waals surface area (Å²) in [6.45, 7) is 9.22. The Labute approximate surface area is 106 Å². The van der Waals surface area contributed by atoms with Gasteiger partial charge in [-0.05, 0) is 39.3 Å². The minimum atomic E-state index is -0.391. The third kappa shape index (κ3) is 4.29. The summed E-state index contributed by atoms with van der Waals surface area (Å²) in [4.78, 5) is 2.53. The van der Waals surface area contributed by atoms with Crippen molar-refractivity contribution in [3.8, 4) is 6.07 Å². The van der Waals surface area contributed by atoms with Gasteiger partial charge in [0.2, 0.25) is 0 Å². The highest BCUT2D eigenvalue weighted by atomic mass is 15.2. The van der Waals surface area contributed by atoms with Crippen LogP contribution < -0.4 is 5.32 Å². The fourth-order valence-corrected chi connectivity index (χ4v) is 2.86. The molecule has 1 saturated heterocycles. The lowest BCUT2D eigenvalue weighted by Crippen LogP contribution is -2.54. The third-order valence-corrected chi connectivity index (χ3v) is 3.70. The van der Waals surface area contributed by atoms with Gasteiger partial charge in [-0.25, -0.2) is 0 Å². The van der Waals surface area contributed by atoms with Crippen LogP contribution in [0, 0.1) is 11.3 Å². The first-order valence-electron chi connectivity index (χ1n) is 7.05. The summed E-state index contributed by atoms with van der Waals surface area (Å²) >= 11 is 0. The molecule has 0 radical (unpaired) electrons. The maximum absolute atomic E-state index is 9.32. The Morgan fingerprint density at radius 3 is 2.76 bits per heavy atom. The monoisotopic (exact) mass is 237 g/mol. The fraction of sp³-hybridized carbons (Fsp3) is 0.929. The number of likely N-dealkylation sites (tertiary alicyclic amines) is 1. The summed E-state index contributed by atoms with van der Waals surface area (Å²) in [5.41, 5.74) is -0.391. The highest BCUT2D eigenvalue weighted by molar-refractivity contribution is 5.06. The van der Waals surface area contributed by atoms with Gasteiger partial charge in [-0.2, -0.15) is 5.26 Å². The van der Waals surface area contributed by atoms with Gasteiger partial charge >= 0.3 is 0 Å². The van der Waals surface area contributed by atoms with Gasteiger partial charge in [-0.1, -0.05) is 26.7 Å². The van der Waals surface area contributed by atoms with E-state index < -0.39 is 5.54 Å². The molecule has 17 heavy (non-hydrogen) atoms. The maximum atomic E-state index is 9.32. The van der Waals surface area contributed by atoms with Crippen molar-refractivity contribution in [3.63, 3.8) is 0 Å². The van der Waals surface area contributed by atoms with Crippen LogP contribution in [0.3, 0.4) is 0 Å². The molecule has 3 nitrogen and oxygen atoms in total. The van der Waals surface area contributed by atoms with E-state index in [1.54, 1.807) is 0 Å². The molecule has 0 aromatic carbocycles. The average molecular weight is 237 g/mol. The van der Waals surface area contributed by atoms with Crippen LogP contribution in [0.1, 0.15) is 52.9 Å². The molecule has 1 N–H and O–H groups in total. The molecule has 1 rings (SSSR count). The lowest BCUT2D eigenvalue weighted by molar-refractivity contribution is 0.115. The molecule has 2 atom stereocenters. The summed E-state index contributed by atoms with van der Waals surface area (Å²) in [7, 11) is 0. The fourth-order valence-electron chi connectivity index (χ4n) is 2.86. The van der Waals surface area contributed by atoms with E-state index in [4.69, 9.17) is 0 Å². The lowest BCUT2D eigenvalue weighted by Gasteiger charge is -2.39. The third-order valence-electron chi connectivity index (χ3n) is 3.70. The lowest BCUT2D eigenvalue weighted by atomic mass is 9.95. The Morgan fingerprint density at radius 1 is 1.41 bits per heavy atom. The van der Waals surface area contributed by atoms with E-state index in [0.717, 1.165) is 19.6 Å². The molecule has 3 heteroatoms. The van der Waals surface area contributed by atoms with Gasteiger partial charge in [0.25, 0.3) is 0 Å². The van der Waals surface area contributed by atoms with Crippen LogP contribution in [0.4, 0.5) is 0 Å². The Bertz CT molecular complexity index is 257. The first-order valence-corrected chi connectivity index (χ1v) is 7.05. The van der Waals surface area contributed by atoms with E-state index in [1.807, 2.05) is 6.92 Å². The average Bonchev–Trinajstić information content (AvgIpc) is 2.32. The maximum Gasteiger partial charge on any atom is 0.116 e. The zero-order valence-corrected chi connectivity index (χ0v) is 11.6. The van der Waals surface area contributed by atoms with Crippen LogP contribution in [0.5, 0.6) is 0 Å². The largest absolute Gasteiger partial charge is 0.299 e. The van der Waals surface area contributed by atoms with E-state index in [1.165, 1.54) is 32.1 Å². The second-order valence-corrected chi connectivity index (χ2v) is 5.38. The number of likely N-dealkylation sites (N-methyl/N-ethyl adjacent to an activating group) is 1.